The van der Waals surface area contributed by atoms with Crippen LogP contribution in [0.1, 0.15) is 45.3 Å². The van der Waals surface area contributed by atoms with Gasteiger partial charge in [-0.05, 0) is 13.8 Å². The Morgan fingerprint density at radius 3 is 2.35 bits per heavy atom. The zero-order valence-corrected chi connectivity index (χ0v) is 13.3. The lowest BCUT2D eigenvalue weighted by Crippen LogP contribution is -2.40. The van der Waals surface area contributed by atoms with Crippen molar-refractivity contribution in [1.29, 1.82) is 0 Å². The van der Waals surface area contributed by atoms with Crippen LogP contribution in [0.15, 0.2) is 5.38 Å². The van der Waals surface area contributed by atoms with Gasteiger partial charge in [0.2, 0.25) is 0 Å². The fourth-order valence-electron chi connectivity index (χ4n) is 1.56. The van der Waals surface area contributed by atoms with E-state index in [-0.39, 0.29) is 18.4 Å². The van der Waals surface area contributed by atoms with Crippen LogP contribution >= 0.6 is 11.3 Å². The summed E-state index contributed by atoms with van der Waals surface area (Å²) in [6.45, 7) is 9.30. The summed E-state index contributed by atoms with van der Waals surface area (Å²) in [5.41, 5.74) is -0.796. The van der Waals surface area contributed by atoms with E-state index in [4.69, 9.17) is 4.74 Å². The molecule has 1 aromatic heterocycles. The SMILES string of the molecule is CCOC(=O)C(C)(Cc1nc(C(C)(C)C)cs1)C(=O)O. The molecule has 112 valence electrons. The van der Waals surface area contributed by atoms with Gasteiger partial charge in [-0.15, -0.1) is 11.3 Å². The van der Waals surface area contributed by atoms with E-state index in [1.165, 1.54) is 18.3 Å². The zero-order valence-electron chi connectivity index (χ0n) is 12.5. The number of aliphatic carboxylic acids is 1. The van der Waals surface area contributed by atoms with Crippen LogP contribution in [0.25, 0.3) is 0 Å². The van der Waals surface area contributed by atoms with Crippen molar-refractivity contribution in [3.05, 3.63) is 16.1 Å². The van der Waals surface area contributed by atoms with Gasteiger partial charge in [0.05, 0.1) is 17.3 Å². The summed E-state index contributed by atoms with van der Waals surface area (Å²) in [5, 5.41) is 11.9. The van der Waals surface area contributed by atoms with Gasteiger partial charge in [-0.1, -0.05) is 20.8 Å². The average Bonchev–Trinajstić information content (AvgIpc) is 2.77. The van der Waals surface area contributed by atoms with Gasteiger partial charge in [-0.25, -0.2) is 4.98 Å². The second kappa shape index (κ2) is 5.91. The van der Waals surface area contributed by atoms with Gasteiger partial charge >= 0.3 is 11.9 Å². The van der Waals surface area contributed by atoms with E-state index < -0.39 is 17.4 Å². The second-order valence-corrected chi connectivity index (χ2v) is 6.85. The fraction of sp³-hybridized carbons (Fsp3) is 0.643. The van der Waals surface area contributed by atoms with Crippen molar-refractivity contribution >= 4 is 23.3 Å². The van der Waals surface area contributed by atoms with Crippen molar-refractivity contribution in [3.8, 4) is 0 Å². The molecular weight excluding hydrogens is 278 g/mol. The quantitative estimate of drug-likeness (QED) is 0.668. The van der Waals surface area contributed by atoms with E-state index >= 15 is 0 Å². The maximum absolute atomic E-state index is 11.9. The van der Waals surface area contributed by atoms with Gasteiger partial charge in [0.15, 0.2) is 5.41 Å². The normalized spacial score (nSPS) is 14.7. The number of carboxylic acid groups (broad SMARTS) is 1. The van der Waals surface area contributed by atoms with E-state index in [9.17, 15) is 14.7 Å². The number of nitrogens with zero attached hydrogens (tertiary/aromatic N) is 1. The largest absolute Gasteiger partial charge is 0.480 e. The van der Waals surface area contributed by atoms with Crippen LogP contribution in [0.2, 0.25) is 0 Å². The van der Waals surface area contributed by atoms with Crippen LogP contribution in [0.4, 0.5) is 0 Å². The third-order valence-corrected chi connectivity index (χ3v) is 3.87. The molecule has 0 saturated heterocycles. The molecule has 1 aromatic rings. The Hall–Kier alpha value is -1.43. The second-order valence-electron chi connectivity index (χ2n) is 5.91. The summed E-state index contributed by atoms with van der Waals surface area (Å²) < 4.78 is 4.87. The Bertz CT molecular complexity index is 504. The van der Waals surface area contributed by atoms with Crippen molar-refractivity contribution in [2.45, 2.75) is 46.5 Å². The first-order valence-corrected chi connectivity index (χ1v) is 7.34. The molecule has 0 fully saturated rings. The van der Waals surface area contributed by atoms with Crippen LogP contribution in [0.3, 0.4) is 0 Å². The minimum Gasteiger partial charge on any atom is -0.480 e. The minimum atomic E-state index is -1.59. The van der Waals surface area contributed by atoms with E-state index in [2.05, 4.69) is 4.98 Å². The molecule has 1 atom stereocenters. The number of carboxylic acids is 1. The van der Waals surface area contributed by atoms with Gasteiger partial charge in [-0.3, -0.25) is 9.59 Å². The lowest BCUT2D eigenvalue weighted by molar-refractivity contribution is -0.167. The number of hydrogen-bond donors (Lipinski definition) is 1. The number of aromatic nitrogens is 1. The number of carbonyl (C=O) groups is 2. The highest BCUT2D eigenvalue weighted by Crippen LogP contribution is 2.30. The molecule has 5 nitrogen and oxygen atoms in total. The monoisotopic (exact) mass is 299 g/mol. The standard InChI is InChI=1S/C14H21NO4S/c1-6-19-12(18)14(5,11(16)17)7-10-15-9(8-20-10)13(2,3)4/h8H,6-7H2,1-5H3,(H,16,17). The first kappa shape index (κ1) is 16.6. The summed E-state index contributed by atoms with van der Waals surface area (Å²) in [6, 6.07) is 0. The van der Waals surface area contributed by atoms with Gasteiger partial charge in [-0.2, -0.15) is 0 Å². The van der Waals surface area contributed by atoms with Gasteiger partial charge < -0.3 is 9.84 Å². The Morgan fingerprint density at radius 2 is 1.95 bits per heavy atom. The van der Waals surface area contributed by atoms with E-state index in [1.807, 2.05) is 26.2 Å². The van der Waals surface area contributed by atoms with Crippen LogP contribution in [-0.4, -0.2) is 28.6 Å². The summed E-state index contributed by atoms with van der Waals surface area (Å²) in [4.78, 5) is 27.7. The molecule has 0 aliphatic carbocycles. The molecule has 0 bridgehead atoms. The predicted molar refractivity (Wildman–Crippen MR) is 76.9 cm³/mol. The molecule has 6 heteroatoms. The molecule has 0 spiro atoms. The van der Waals surface area contributed by atoms with Crippen LogP contribution in [0.5, 0.6) is 0 Å². The van der Waals surface area contributed by atoms with Crippen LogP contribution in [-0.2, 0) is 26.2 Å². The molecule has 0 amide bonds. The molecule has 1 heterocycles. The van der Waals surface area contributed by atoms with E-state index in [0.29, 0.717) is 5.01 Å². The summed E-state index contributed by atoms with van der Waals surface area (Å²) in [6.07, 6.45) is 0.0436. The Morgan fingerprint density at radius 1 is 1.35 bits per heavy atom. The van der Waals surface area contributed by atoms with Gasteiger partial charge in [0, 0.05) is 17.2 Å². The fourth-order valence-corrected chi connectivity index (χ4v) is 2.74. The molecule has 0 aliphatic heterocycles. The molecule has 20 heavy (non-hydrogen) atoms. The molecule has 1 N–H and O–H groups in total. The Balaban J connectivity index is 3.00. The molecule has 1 unspecified atom stereocenters. The number of ether oxygens (including phenoxy) is 1. The number of hydrogen-bond acceptors (Lipinski definition) is 5. The highest BCUT2D eigenvalue weighted by molar-refractivity contribution is 7.09. The summed E-state index contributed by atoms with van der Waals surface area (Å²) in [5.74, 6) is -1.91. The van der Waals surface area contributed by atoms with Crippen molar-refractivity contribution < 1.29 is 19.4 Å². The average molecular weight is 299 g/mol. The van der Waals surface area contributed by atoms with Crippen LogP contribution < -0.4 is 0 Å². The van der Waals surface area contributed by atoms with Crippen molar-refractivity contribution in [2.75, 3.05) is 6.61 Å². The Labute approximate surface area is 123 Å². The maximum atomic E-state index is 11.9. The van der Waals surface area contributed by atoms with Crippen molar-refractivity contribution in [1.82, 2.24) is 4.98 Å². The summed E-state index contributed by atoms with van der Waals surface area (Å²) >= 11 is 1.37. The molecular formula is C14H21NO4S. The first-order valence-electron chi connectivity index (χ1n) is 6.46. The molecule has 0 aromatic carbocycles. The van der Waals surface area contributed by atoms with Crippen molar-refractivity contribution in [3.63, 3.8) is 0 Å². The van der Waals surface area contributed by atoms with Gasteiger partial charge in [0.25, 0.3) is 0 Å². The number of carbonyl (C=O) groups excluding carboxylic acids is 1. The smallest absolute Gasteiger partial charge is 0.323 e. The molecule has 1 rings (SSSR count). The number of rotatable bonds is 5. The maximum Gasteiger partial charge on any atom is 0.323 e. The zero-order chi connectivity index (χ0) is 15.6. The Kier molecular flexibility index (Phi) is 4.91. The summed E-state index contributed by atoms with van der Waals surface area (Å²) in [7, 11) is 0. The third kappa shape index (κ3) is 3.56. The third-order valence-electron chi connectivity index (χ3n) is 3.02. The lowest BCUT2D eigenvalue weighted by atomic mass is 9.87. The molecule has 0 radical (unpaired) electrons. The topological polar surface area (TPSA) is 76.5 Å². The highest BCUT2D eigenvalue weighted by Gasteiger charge is 2.44. The molecule has 0 saturated carbocycles. The van der Waals surface area contributed by atoms with Crippen LogP contribution in [0, 0.1) is 5.41 Å². The lowest BCUT2D eigenvalue weighted by Gasteiger charge is -2.21. The first-order chi connectivity index (χ1) is 9.11. The van der Waals surface area contributed by atoms with Gasteiger partial charge in [0.1, 0.15) is 0 Å². The highest BCUT2D eigenvalue weighted by atomic mass is 32.1. The number of esters is 1. The minimum absolute atomic E-state index is 0.0436. The van der Waals surface area contributed by atoms with E-state index in [1.54, 1.807) is 6.92 Å². The number of thiazole rings is 1. The van der Waals surface area contributed by atoms with E-state index in [0.717, 1.165) is 5.69 Å². The molecule has 0 aliphatic rings. The van der Waals surface area contributed by atoms with Crippen molar-refractivity contribution in [2.24, 2.45) is 5.41 Å². The predicted octanol–water partition coefficient (Wildman–Crippen LogP) is 2.64.